The molecule has 3 rings (SSSR count). The fourth-order valence-electron chi connectivity index (χ4n) is 2.43. The van der Waals surface area contributed by atoms with Crippen LogP contribution in [0.5, 0.6) is 11.5 Å². The first-order valence-electron chi connectivity index (χ1n) is 7.73. The van der Waals surface area contributed by atoms with Gasteiger partial charge in [0.15, 0.2) is 0 Å². The predicted molar refractivity (Wildman–Crippen MR) is 97.7 cm³/mol. The van der Waals surface area contributed by atoms with Crippen LogP contribution in [0.1, 0.15) is 11.1 Å². The Morgan fingerprint density at radius 3 is 1.50 bits per heavy atom. The maximum absolute atomic E-state index is 5.25. The number of nitrogens with zero attached hydrogens (tertiary/aromatic N) is 1. The number of methoxy groups -OCH3 is 2. The van der Waals surface area contributed by atoms with Crippen molar-refractivity contribution in [3.05, 3.63) is 90.0 Å². The molecule has 0 spiro atoms. The molecule has 3 aromatic rings. The van der Waals surface area contributed by atoms with E-state index >= 15 is 0 Å². The SMILES string of the molecule is COc1ccc(C(=Nc2ccccc2)c2ccc(OC)cc2)cc1. The van der Waals surface area contributed by atoms with E-state index in [0.29, 0.717) is 0 Å². The third-order valence-electron chi connectivity index (χ3n) is 3.72. The van der Waals surface area contributed by atoms with Crippen LogP contribution in [0.25, 0.3) is 0 Å². The molecule has 3 nitrogen and oxygen atoms in total. The van der Waals surface area contributed by atoms with Crippen LogP contribution in [0.3, 0.4) is 0 Å². The summed E-state index contributed by atoms with van der Waals surface area (Å²) >= 11 is 0. The third-order valence-corrected chi connectivity index (χ3v) is 3.72. The Kier molecular flexibility index (Phi) is 4.92. The topological polar surface area (TPSA) is 30.8 Å². The van der Waals surface area contributed by atoms with Crippen LogP contribution in [-0.2, 0) is 0 Å². The lowest BCUT2D eigenvalue weighted by atomic mass is 10.0. The Hall–Kier alpha value is -3.07. The van der Waals surface area contributed by atoms with Crippen LogP contribution >= 0.6 is 0 Å². The Balaban J connectivity index is 2.07. The van der Waals surface area contributed by atoms with Gasteiger partial charge in [0, 0.05) is 11.1 Å². The van der Waals surface area contributed by atoms with Crippen LogP contribution < -0.4 is 9.47 Å². The summed E-state index contributed by atoms with van der Waals surface area (Å²) in [7, 11) is 3.33. The van der Waals surface area contributed by atoms with Gasteiger partial charge in [0.1, 0.15) is 11.5 Å². The second kappa shape index (κ2) is 7.47. The monoisotopic (exact) mass is 317 g/mol. The van der Waals surface area contributed by atoms with Crippen molar-refractivity contribution in [1.29, 1.82) is 0 Å². The molecule has 0 N–H and O–H groups in total. The van der Waals surface area contributed by atoms with E-state index in [-0.39, 0.29) is 0 Å². The molecule has 0 saturated heterocycles. The van der Waals surface area contributed by atoms with Gasteiger partial charge < -0.3 is 9.47 Å². The van der Waals surface area contributed by atoms with E-state index in [2.05, 4.69) is 0 Å². The highest BCUT2D eigenvalue weighted by Crippen LogP contribution is 2.21. The minimum Gasteiger partial charge on any atom is -0.497 e. The van der Waals surface area contributed by atoms with Gasteiger partial charge in [-0.15, -0.1) is 0 Å². The Morgan fingerprint density at radius 1 is 0.625 bits per heavy atom. The van der Waals surface area contributed by atoms with Gasteiger partial charge in [-0.25, -0.2) is 4.99 Å². The van der Waals surface area contributed by atoms with Crippen molar-refractivity contribution >= 4 is 11.4 Å². The molecule has 0 heterocycles. The Morgan fingerprint density at radius 2 is 1.08 bits per heavy atom. The van der Waals surface area contributed by atoms with Gasteiger partial charge in [0.2, 0.25) is 0 Å². The summed E-state index contributed by atoms with van der Waals surface area (Å²) in [6.07, 6.45) is 0. The van der Waals surface area contributed by atoms with Crippen LogP contribution in [-0.4, -0.2) is 19.9 Å². The quantitative estimate of drug-likeness (QED) is 0.628. The van der Waals surface area contributed by atoms with Crippen molar-refractivity contribution in [3.63, 3.8) is 0 Å². The lowest BCUT2D eigenvalue weighted by molar-refractivity contribution is 0.414. The van der Waals surface area contributed by atoms with Crippen LogP contribution in [0, 0.1) is 0 Å². The molecule has 0 aliphatic heterocycles. The number of hydrogen-bond donors (Lipinski definition) is 0. The third kappa shape index (κ3) is 3.63. The van der Waals surface area contributed by atoms with Crippen LogP contribution in [0.2, 0.25) is 0 Å². The number of rotatable bonds is 5. The van der Waals surface area contributed by atoms with E-state index < -0.39 is 0 Å². The maximum Gasteiger partial charge on any atom is 0.118 e. The number of benzene rings is 3. The highest BCUT2D eigenvalue weighted by atomic mass is 16.5. The Bertz CT molecular complexity index is 757. The van der Waals surface area contributed by atoms with Gasteiger partial charge in [-0.05, 0) is 60.7 Å². The van der Waals surface area contributed by atoms with Gasteiger partial charge in [0.25, 0.3) is 0 Å². The zero-order valence-electron chi connectivity index (χ0n) is 13.8. The van der Waals surface area contributed by atoms with E-state index in [1.54, 1.807) is 14.2 Å². The lowest BCUT2D eigenvalue weighted by Gasteiger charge is -2.10. The molecule has 0 amide bonds. The second-order valence-electron chi connectivity index (χ2n) is 5.25. The van der Waals surface area contributed by atoms with E-state index in [0.717, 1.165) is 34.0 Å². The molecule has 120 valence electrons. The predicted octanol–water partition coefficient (Wildman–Crippen LogP) is 4.87. The fourth-order valence-corrected chi connectivity index (χ4v) is 2.43. The van der Waals surface area contributed by atoms with Crippen molar-refractivity contribution in [3.8, 4) is 11.5 Å². The minimum absolute atomic E-state index is 0.826. The maximum atomic E-state index is 5.25. The summed E-state index contributed by atoms with van der Waals surface area (Å²) in [5, 5.41) is 0. The van der Waals surface area contributed by atoms with Gasteiger partial charge >= 0.3 is 0 Å². The molecule has 0 unspecified atom stereocenters. The Labute approximate surface area is 142 Å². The molecule has 0 bridgehead atoms. The molecule has 24 heavy (non-hydrogen) atoms. The summed E-state index contributed by atoms with van der Waals surface area (Å²) in [6, 6.07) is 25.8. The molecule has 0 fully saturated rings. The van der Waals surface area contributed by atoms with Crippen molar-refractivity contribution in [1.82, 2.24) is 0 Å². The average molecular weight is 317 g/mol. The minimum atomic E-state index is 0.826. The van der Waals surface area contributed by atoms with Crippen molar-refractivity contribution in [2.24, 2.45) is 4.99 Å². The molecule has 0 atom stereocenters. The molecule has 0 aliphatic carbocycles. The lowest BCUT2D eigenvalue weighted by Crippen LogP contribution is -2.03. The highest BCUT2D eigenvalue weighted by Gasteiger charge is 2.08. The van der Waals surface area contributed by atoms with Crippen molar-refractivity contribution < 1.29 is 9.47 Å². The first-order chi connectivity index (χ1) is 11.8. The van der Waals surface area contributed by atoms with E-state index in [1.165, 1.54) is 0 Å². The van der Waals surface area contributed by atoms with E-state index in [1.807, 2.05) is 78.9 Å². The summed E-state index contributed by atoms with van der Waals surface area (Å²) in [4.78, 5) is 4.85. The number of hydrogen-bond acceptors (Lipinski definition) is 3. The zero-order chi connectivity index (χ0) is 16.8. The second-order valence-corrected chi connectivity index (χ2v) is 5.25. The number of aliphatic imine (C=N–C) groups is 1. The summed E-state index contributed by atoms with van der Waals surface area (Å²) < 4.78 is 10.5. The summed E-state index contributed by atoms with van der Waals surface area (Å²) in [5.41, 5.74) is 3.89. The largest absolute Gasteiger partial charge is 0.497 e. The fraction of sp³-hybridized carbons (Fsp3) is 0.0952. The van der Waals surface area contributed by atoms with Crippen LogP contribution in [0.4, 0.5) is 5.69 Å². The molecule has 0 aromatic heterocycles. The van der Waals surface area contributed by atoms with E-state index in [9.17, 15) is 0 Å². The van der Waals surface area contributed by atoms with Gasteiger partial charge in [-0.1, -0.05) is 18.2 Å². The zero-order valence-corrected chi connectivity index (χ0v) is 13.8. The van der Waals surface area contributed by atoms with E-state index in [4.69, 9.17) is 14.5 Å². The molecular weight excluding hydrogens is 298 g/mol. The molecular formula is C21H19NO2. The van der Waals surface area contributed by atoms with Gasteiger partial charge in [0.05, 0.1) is 25.6 Å². The molecule has 0 radical (unpaired) electrons. The normalized spacial score (nSPS) is 10.1. The molecule has 3 aromatic carbocycles. The van der Waals surface area contributed by atoms with Gasteiger partial charge in [-0.3, -0.25) is 0 Å². The first kappa shape index (κ1) is 15.8. The first-order valence-corrected chi connectivity index (χ1v) is 7.73. The van der Waals surface area contributed by atoms with Gasteiger partial charge in [-0.2, -0.15) is 0 Å². The molecule has 0 aliphatic rings. The number of para-hydroxylation sites is 1. The summed E-state index contributed by atoms with van der Waals surface area (Å²) in [6.45, 7) is 0. The smallest absolute Gasteiger partial charge is 0.118 e. The highest BCUT2D eigenvalue weighted by molar-refractivity contribution is 6.14. The van der Waals surface area contributed by atoms with Crippen LogP contribution in [0.15, 0.2) is 83.9 Å². The number of ether oxygens (including phenoxy) is 2. The molecule has 0 saturated carbocycles. The molecule has 3 heteroatoms. The van der Waals surface area contributed by atoms with Crippen molar-refractivity contribution in [2.75, 3.05) is 14.2 Å². The van der Waals surface area contributed by atoms with Crippen molar-refractivity contribution in [2.45, 2.75) is 0 Å². The standard InChI is InChI=1S/C21H19NO2/c1-23-19-12-8-16(9-13-19)21(22-18-6-4-3-5-7-18)17-10-14-20(24-2)15-11-17/h3-15H,1-2H3. The average Bonchev–Trinajstić information content (AvgIpc) is 2.67. The summed E-state index contributed by atoms with van der Waals surface area (Å²) in [5.74, 6) is 1.65.